The summed E-state index contributed by atoms with van der Waals surface area (Å²) in [6, 6.07) is 7.99. The Hall–Kier alpha value is -1.06. The fourth-order valence-corrected chi connectivity index (χ4v) is 2.15. The van der Waals surface area contributed by atoms with Crippen molar-refractivity contribution in [3.8, 4) is 5.75 Å². The molecule has 0 saturated carbocycles. The Bertz CT molecular complexity index is 362. The molecule has 114 valence electrons. The van der Waals surface area contributed by atoms with Gasteiger partial charge in [-0.25, -0.2) is 0 Å². The standard InChI is InChI=1S/C17H29NO2/c1-4-5-6-11-20-16-9-7-15(8-10-16)13(2)12-17(19)14(3)18/h7-10,13-14,17,19H,4-6,11-12,18H2,1-3H3. The summed E-state index contributed by atoms with van der Waals surface area (Å²) in [6.07, 6.45) is 3.77. The van der Waals surface area contributed by atoms with Crippen LogP contribution in [0.3, 0.4) is 0 Å². The van der Waals surface area contributed by atoms with Crippen molar-refractivity contribution in [2.45, 2.75) is 64.5 Å². The van der Waals surface area contributed by atoms with Gasteiger partial charge in [0, 0.05) is 6.04 Å². The molecule has 0 aliphatic rings. The van der Waals surface area contributed by atoms with E-state index in [9.17, 15) is 5.11 Å². The van der Waals surface area contributed by atoms with E-state index in [0.29, 0.717) is 12.3 Å². The van der Waals surface area contributed by atoms with E-state index in [0.717, 1.165) is 18.8 Å². The Kier molecular flexibility index (Phi) is 7.63. The number of hydrogen-bond acceptors (Lipinski definition) is 3. The van der Waals surface area contributed by atoms with Crippen LogP contribution in [0.25, 0.3) is 0 Å². The lowest BCUT2D eigenvalue weighted by molar-refractivity contribution is 0.134. The minimum absolute atomic E-state index is 0.182. The number of rotatable bonds is 9. The van der Waals surface area contributed by atoms with Crippen molar-refractivity contribution in [1.29, 1.82) is 0 Å². The quantitative estimate of drug-likeness (QED) is 0.681. The summed E-state index contributed by atoms with van der Waals surface area (Å²) in [5.41, 5.74) is 6.91. The highest BCUT2D eigenvalue weighted by Crippen LogP contribution is 2.23. The van der Waals surface area contributed by atoms with Crippen molar-refractivity contribution >= 4 is 0 Å². The topological polar surface area (TPSA) is 55.5 Å². The SMILES string of the molecule is CCCCCOc1ccc(C(C)CC(O)C(C)N)cc1. The maximum atomic E-state index is 9.83. The summed E-state index contributed by atoms with van der Waals surface area (Å²) >= 11 is 0. The maximum Gasteiger partial charge on any atom is 0.119 e. The van der Waals surface area contributed by atoms with Crippen LogP contribution in [0, 0.1) is 0 Å². The highest BCUT2D eigenvalue weighted by Gasteiger charge is 2.15. The van der Waals surface area contributed by atoms with Crippen molar-refractivity contribution in [2.75, 3.05) is 6.61 Å². The monoisotopic (exact) mass is 279 g/mol. The van der Waals surface area contributed by atoms with Crippen LogP contribution in [0.5, 0.6) is 5.75 Å². The minimum Gasteiger partial charge on any atom is -0.494 e. The molecule has 1 aromatic rings. The molecule has 1 aromatic carbocycles. The summed E-state index contributed by atoms with van der Waals surface area (Å²) in [4.78, 5) is 0. The third kappa shape index (κ3) is 5.93. The highest BCUT2D eigenvalue weighted by molar-refractivity contribution is 5.29. The zero-order valence-electron chi connectivity index (χ0n) is 13.0. The fourth-order valence-electron chi connectivity index (χ4n) is 2.15. The molecule has 0 aliphatic carbocycles. The molecular formula is C17H29NO2. The Morgan fingerprint density at radius 3 is 2.35 bits per heavy atom. The second kappa shape index (κ2) is 8.98. The Labute approximate surface area is 123 Å². The molecule has 0 bridgehead atoms. The van der Waals surface area contributed by atoms with Crippen LogP contribution in [0.4, 0.5) is 0 Å². The van der Waals surface area contributed by atoms with Crippen molar-refractivity contribution in [2.24, 2.45) is 5.73 Å². The molecule has 0 heterocycles. The van der Waals surface area contributed by atoms with Crippen molar-refractivity contribution in [1.82, 2.24) is 0 Å². The number of benzene rings is 1. The lowest BCUT2D eigenvalue weighted by atomic mass is 9.93. The first kappa shape index (κ1) is 17.0. The minimum atomic E-state index is -0.449. The predicted octanol–water partition coefficient (Wildman–Crippen LogP) is 3.46. The molecule has 3 N–H and O–H groups in total. The molecular weight excluding hydrogens is 250 g/mol. The largest absolute Gasteiger partial charge is 0.494 e. The van der Waals surface area contributed by atoms with Gasteiger partial charge in [-0.15, -0.1) is 0 Å². The van der Waals surface area contributed by atoms with Gasteiger partial charge >= 0.3 is 0 Å². The molecule has 0 aliphatic heterocycles. The molecule has 3 atom stereocenters. The van der Waals surface area contributed by atoms with Gasteiger partial charge in [-0.1, -0.05) is 38.8 Å². The van der Waals surface area contributed by atoms with Gasteiger partial charge in [0.1, 0.15) is 5.75 Å². The van der Waals surface area contributed by atoms with E-state index >= 15 is 0 Å². The van der Waals surface area contributed by atoms with Crippen LogP contribution in [-0.4, -0.2) is 23.9 Å². The van der Waals surface area contributed by atoms with Gasteiger partial charge in [-0.3, -0.25) is 0 Å². The van der Waals surface area contributed by atoms with Crippen LogP contribution in [0.2, 0.25) is 0 Å². The van der Waals surface area contributed by atoms with E-state index in [-0.39, 0.29) is 6.04 Å². The molecule has 0 amide bonds. The van der Waals surface area contributed by atoms with Crippen LogP contribution in [-0.2, 0) is 0 Å². The van der Waals surface area contributed by atoms with Gasteiger partial charge in [0.2, 0.25) is 0 Å². The van der Waals surface area contributed by atoms with Crippen LogP contribution < -0.4 is 10.5 Å². The number of ether oxygens (including phenoxy) is 1. The molecule has 0 spiro atoms. The molecule has 0 aromatic heterocycles. The summed E-state index contributed by atoms with van der Waals surface area (Å²) in [6.45, 7) is 6.92. The number of unbranched alkanes of at least 4 members (excludes halogenated alkanes) is 2. The maximum absolute atomic E-state index is 9.83. The van der Waals surface area contributed by atoms with Crippen molar-refractivity contribution in [3.05, 3.63) is 29.8 Å². The van der Waals surface area contributed by atoms with Crippen molar-refractivity contribution in [3.63, 3.8) is 0 Å². The van der Waals surface area contributed by atoms with E-state index in [1.54, 1.807) is 0 Å². The first-order chi connectivity index (χ1) is 9.54. The lowest BCUT2D eigenvalue weighted by Crippen LogP contribution is -2.32. The molecule has 3 unspecified atom stereocenters. The molecule has 0 fully saturated rings. The number of nitrogens with two attached hydrogens (primary N) is 1. The summed E-state index contributed by atoms with van der Waals surface area (Å²) in [5.74, 6) is 1.22. The Morgan fingerprint density at radius 2 is 1.80 bits per heavy atom. The van der Waals surface area contributed by atoms with Crippen LogP contribution in [0.1, 0.15) is 57.9 Å². The third-order valence-corrected chi connectivity index (χ3v) is 3.67. The van der Waals surface area contributed by atoms with E-state index in [4.69, 9.17) is 10.5 Å². The highest BCUT2D eigenvalue weighted by atomic mass is 16.5. The predicted molar refractivity (Wildman–Crippen MR) is 84.2 cm³/mol. The van der Waals surface area contributed by atoms with Gasteiger partial charge in [-0.05, 0) is 43.4 Å². The fraction of sp³-hybridized carbons (Fsp3) is 0.647. The van der Waals surface area contributed by atoms with Crippen LogP contribution in [0.15, 0.2) is 24.3 Å². The second-order valence-electron chi connectivity index (χ2n) is 5.69. The molecule has 20 heavy (non-hydrogen) atoms. The molecule has 0 radical (unpaired) electrons. The summed E-state index contributed by atoms with van der Waals surface area (Å²) in [5, 5.41) is 9.83. The second-order valence-corrected chi connectivity index (χ2v) is 5.69. The van der Waals surface area contributed by atoms with Gasteiger partial charge in [0.15, 0.2) is 0 Å². The Balaban J connectivity index is 2.44. The summed E-state index contributed by atoms with van der Waals surface area (Å²) < 4.78 is 5.69. The van der Waals surface area contributed by atoms with Gasteiger partial charge < -0.3 is 15.6 Å². The average Bonchev–Trinajstić information content (AvgIpc) is 2.44. The third-order valence-electron chi connectivity index (χ3n) is 3.67. The van der Waals surface area contributed by atoms with Gasteiger partial charge in [-0.2, -0.15) is 0 Å². The Morgan fingerprint density at radius 1 is 1.15 bits per heavy atom. The summed E-state index contributed by atoms with van der Waals surface area (Å²) in [7, 11) is 0. The molecule has 0 saturated heterocycles. The number of aliphatic hydroxyl groups excluding tert-OH is 1. The first-order valence-electron chi connectivity index (χ1n) is 7.71. The van der Waals surface area contributed by atoms with Gasteiger partial charge in [0.05, 0.1) is 12.7 Å². The molecule has 3 nitrogen and oxygen atoms in total. The zero-order valence-corrected chi connectivity index (χ0v) is 13.0. The zero-order chi connectivity index (χ0) is 15.0. The molecule has 3 heteroatoms. The van der Waals surface area contributed by atoms with E-state index in [2.05, 4.69) is 26.0 Å². The van der Waals surface area contributed by atoms with Gasteiger partial charge in [0.25, 0.3) is 0 Å². The van der Waals surface area contributed by atoms with E-state index in [1.165, 1.54) is 18.4 Å². The van der Waals surface area contributed by atoms with E-state index < -0.39 is 6.10 Å². The molecule has 1 rings (SSSR count). The smallest absolute Gasteiger partial charge is 0.119 e. The normalized spacial score (nSPS) is 15.7. The average molecular weight is 279 g/mol. The number of aliphatic hydroxyl groups is 1. The van der Waals surface area contributed by atoms with E-state index in [1.807, 2.05) is 19.1 Å². The number of hydrogen-bond donors (Lipinski definition) is 2. The van der Waals surface area contributed by atoms with Crippen LogP contribution >= 0.6 is 0 Å². The lowest BCUT2D eigenvalue weighted by Gasteiger charge is -2.19. The van der Waals surface area contributed by atoms with Crippen molar-refractivity contribution < 1.29 is 9.84 Å². The first-order valence-corrected chi connectivity index (χ1v) is 7.71.